The predicted octanol–water partition coefficient (Wildman–Crippen LogP) is 8.77. The molecule has 1 aliphatic carbocycles. The molecule has 4 aromatic rings. The zero-order valence-electron chi connectivity index (χ0n) is 22.1. The number of anilines is 1. The van der Waals surface area contributed by atoms with Crippen LogP contribution in [0.25, 0.3) is 16.9 Å². The summed E-state index contributed by atoms with van der Waals surface area (Å²) >= 11 is 3.49. The topological polar surface area (TPSA) is 64.9 Å². The van der Waals surface area contributed by atoms with Crippen LogP contribution in [0, 0.1) is 0 Å². The van der Waals surface area contributed by atoms with E-state index in [0.717, 1.165) is 36.0 Å². The fraction of sp³-hybridized carbons (Fsp3) is 0.310. The SMILES string of the molecule is COc1cc(-c2nc3ccc(Br)cn3c2NC2CCCCC2)ccc1OC(=O)c1cc(C(F)(F)F)cc(C(F)(F)F)c1. The minimum atomic E-state index is -5.11. The van der Waals surface area contributed by atoms with E-state index in [1.165, 1.54) is 19.6 Å². The Morgan fingerprint density at radius 2 is 1.60 bits per heavy atom. The van der Waals surface area contributed by atoms with Gasteiger partial charge in [0.25, 0.3) is 0 Å². The van der Waals surface area contributed by atoms with Crippen molar-refractivity contribution in [2.24, 2.45) is 0 Å². The van der Waals surface area contributed by atoms with Gasteiger partial charge < -0.3 is 14.8 Å². The Labute approximate surface area is 244 Å². The normalized spacial score (nSPS) is 14.7. The van der Waals surface area contributed by atoms with Crippen LogP contribution in [-0.4, -0.2) is 28.5 Å². The van der Waals surface area contributed by atoms with E-state index >= 15 is 0 Å². The highest BCUT2D eigenvalue weighted by Crippen LogP contribution is 2.39. The van der Waals surface area contributed by atoms with Crippen molar-refractivity contribution in [3.8, 4) is 22.8 Å². The molecule has 1 aliphatic rings. The van der Waals surface area contributed by atoms with Crippen LogP contribution >= 0.6 is 15.9 Å². The number of benzene rings is 2. The molecule has 0 saturated heterocycles. The minimum Gasteiger partial charge on any atom is -0.493 e. The van der Waals surface area contributed by atoms with E-state index in [-0.39, 0.29) is 23.6 Å². The summed E-state index contributed by atoms with van der Waals surface area (Å²) < 4.78 is 93.0. The number of pyridine rings is 1. The van der Waals surface area contributed by atoms with Gasteiger partial charge in [-0.1, -0.05) is 19.3 Å². The van der Waals surface area contributed by atoms with Gasteiger partial charge in [0.2, 0.25) is 0 Å². The summed E-state index contributed by atoms with van der Waals surface area (Å²) in [6.45, 7) is 0. The van der Waals surface area contributed by atoms with E-state index in [0.29, 0.717) is 29.0 Å². The monoisotopic (exact) mass is 655 g/mol. The number of halogens is 7. The minimum absolute atomic E-state index is 0.0331. The lowest BCUT2D eigenvalue weighted by atomic mass is 9.95. The fourth-order valence-electron chi connectivity index (χ4n) is 4.93. The molecule has 0 unspecified atom stereocenters. The molecule has 2 aromatic carbocycles. The van der Waals surface area contributed by atoms with Gasteiger partial charge in [0.05, 0.1) is 23.8 Å². The number of fused-ring (bicyclic) bond motifs is 1. The first kappa shape index (κ1) is 29.7. The van der Waals surface area contributed by atoms with Crippen molar-refractivity contribution >= 4 is 33.4 Å². The van der Waals surface area contributed by atoms with Crippen molar-refractivity contribution in [2.75, 3.05) is 12.4 Å². The first-order valence-corrected chi connectivity index (χ1v) is 13.8. The molecule has 0 radical (unpaired) electrons. The van der Waals surface area contributed by atoms with Crippen LogP contribution in [0.5, 0.6) is 11.5 Å². The van der Waals surface area contributed by atoms with Gasteiger partial charge in [-0.25, -0.2) is 9.78 Å². The molecule has 13 heteroatoms. The molecule has 2 aromatic heterocycles. The van der Waals surface area contributed by atoms with Crippen LogP contribution in [-0.2, 0) is 12.4 Å². The molecule has 6 nitrogen and oxygen atoms in total. The average Bonchev–Trinajstić information content (AvgIpc) is 3.29. The van der Waals surface area contributed by atoms with Gasteiger partial charge in [-0.15, -0.1) is 0 Å². The van der Waals surface area contributed by atoms with Gasteiger partial charge in [-0.05, 0) is 77.3 Å². The first-order valence-electron chi connectivity index (χ1n) is 13.0. The zero-order chi connectivity index (χ0) is 30.2. The summed E-state index contributed by atoms with van der Waals surface area (Å²) in [7, 11) is 1.30. The van der Waals surface area contributed by atoms with Gasteiger partial charge in [0.15, 0.2) is 11.5 Å². The number of rotatable bonds is 6. The number of hydrogen-bond donors (Lipinski definition) is 1. The summed E-state index contributed by atoms with van der Waals surface area (Å²) in [6.07, 6.45) is -2.93. The number of methoxy groups -OCH3 is 1. The fourth-order valence-corrected chi connectivity index (χ4v) is 5.27. The molecular weight excluding hydrogens is 632 g/mol. The third kappa shape index (κ3) is 6.35. The maximum Gasteiger partial charge on any atom is 0.416 e. The zero-order valence-corrected chi connectivity index (χ0v) is 23.7. The first-order chi connectivity index (χ1) is 19.8. The molecule has 0 bridgehead atoms. The molecule has 0 amide bonds. The summed E-state index contributed by atoms with van der Waals surface area (Å²) in [5.41, 5.74) is -2.31. The molecule has 0 atom stereocenters. The van der Waals surface area contributed by atoms with Gasteiger partial charge in [0.1, 0.15) is 17.2 Å². The number of carbonyl (C=O) groups is 1. The number of esters is 1. The van der Waals surface area contributed by atoms with Gasteiger partial charge in [-0.3, -0.25) is 4.40 Å². The third-order valence-electron chi connectivity index (χ3n) is 6.99. The molecule has 5 rings (SSSR count). The molecular formula is C29H24BrF6N3O3. The lowest BCUT2D eigenvalue weighted by Crippen LogP contribution is -2.23. The highest BCUT2D eigenvalue weighted by atomic mass is 79.9. The van der Waals surface area contributed by atoms with Crippen molar-refractivity contribution in [3.63, 3.8) is 0 Å². The second-order valence-corrected chi connectivity index (χ2v) is 10.8. The van der Waals surface area contributed by atoms with Crippen molar-refractivity contribution in [3.05, 3.63) is 75.9 Å². The number of alkyl halides is 6. The number of nitrogens with zero attached hydrogens (tertiary/aromatic N) is 2. The Hall–Kier alpha value is -3.74. The molecule has 2 heterocycles. The van der Waals surface area contributed by atoms with Crippen molar-refractivity contribution in [2.45, 2.75) is 50.5 Å². The van der Waals surface area contributed by atoms with Crippen molar-refractivity contribution in [1.82, 2.24) is 9.38 Å². The summed E-state index contributed by atoms with van der Waals surface area (Å²) in [4.78, 5) is 17.5. The Bertz CT molecular complexity index is 1600. The molecule has 222 valence electrons. The molecule has 42 heavy (non-hydrogen) atoms. The van der Waals surface area contributed by atoms with Gasteiger partial charge in [-0.2, -0.15) is 26.3 Å². The Balaban J connectivity index is 1.50. The number of nitrogens with one attached hydrogen (secondary N) is 1. The van der Waals surface area contributed by atoms with Crippen molar-refractivity contribution in [1.29, 1.82) is 0 Å². The molecule has 1 N–H and O–H groups in total. The number of imidazole rings is 1. The van der Waals surface area contributed by atoms with E-state index < -0.39 is 35.0 Å². The lowest BCUT2D eigenvalue weighted by molar-refractivity contribution is -0.143. The second-order valence-electron chi connectivity index (χ2n) is 9.91. The van der Waals surface area contributed by atoms with E-state index in [4.69, 9.17) is 14.5 Å². The molecule has 1 fully saturated rings. The maximum absolute atomic E-state index is 13.3. The summed E-state index contributed by atoms with van der Waals surface area (Å²) in [5.74, 6) is -0.820. The third-order valence-corrected chi connectivity index (χ3v) is 7.46. The van der Waals surface area contributed by atoms with E-state index in [2.05, 4.69) is 21.2 Å². The number of aromatic nitrogens is 2. The summed E-state index contributed by atoms with van der Waals surface area (Å²) in [5, 5.41) is 3.61. The standard InChI is InChI=1S/C29H24BrF6N3O3/c1-41-23-13-16(25-26(37-21-5-3-2-4-6-21)39-15-20(30)8-10-24(39)38-25)7-9-22(23)42-27(40)17-11-18(28(31,32)33)14-19(12-17)29(34,35)36/h7-15,21,37H,2-6H2,1H3. The largest absolute Gasteiger partial charge is 0.493 e. The quantitative estimate of drug-likeness (QED) is 0.128. The highest BCUT2D eigenvalue weighted by Gasteiger charge is 2.38. The molecule has 0 spiro atoms. The lowest BCUT2D eigenvalue weighted by Gasteiger charge is -2.24. The highest BCUT2D eigenvalue weighted by molar-refractivity contribution is 9.10. The van der Waals surface area contributed by atoms with Crippen LogP contribution in [0.1, 0.15) is 53.6 Å². The van der Waals surface area contributed by atoms with Gasteiger partial charge >= 0.3 is 18.3 Å². The summed E-state index contributed by atoms with van der Waals surface area (Å²) in [6, 6.07) is 9.00. The smallest absolute Gasteiger partial charge is 0.416 e. The van der Waals surface area contributed by atoms with E-state index in [1.807, 2.05) is 22.7 Å². The Kier molecular flexibility index (Phi) is 8.15. The van der Waals surface area contributed by atoms with Crippen LogP contribution in [0.4, 0.5) is 32.2 Å². The maximum atomic E-state index is 13.3. The van der Waals surface area contributed by atoms with E-state index in [9.17, 15) is 31.1 Å². The van der Waals surface area contributed by atoms with Crippen LogP contribution in [0.3, 0.4) is 0 Å². The Morgan fingerprint density at radius 3 is 2.21 bits per heavy atom. The Morgan fingerprint density at radius 1 is 0.929 bits per heavy atom. The number of ether oxygens (including phenoxy) is 2. The van der Waals surface area contributed by atoms with Crippen LogP contribution < -0.4 is 14.8 Å². The number of hydrogen-bond acceptors (Lipinski definition) is 5. The molecule has 0 aliphatic heterocycles. The van der Waals surface area contributed by atoms with Gasteiger partial charge in [0, 0.05) is 22.3 Å². The average molecular weight is 656 g/mol. The van der Waals surface area contributed by atoms with Crippen LogP contribution in [0.15, 0.2) is 59.2 Å². The van der Waals surface area contributed by atoms with Crippen molar-refractivity contribution < 1.29 is 40.6 Å². The molecule has 1 saturated carbocycles. The number of carbonyl (C=O) groups excluding carboxylic acids is 1. The van der Waals surface area contributed by atoms with Crippen LogP contribution in [0.2, 0.25) is 0 Å². The van der Waals surface area contributed by atoms with E-state index in [1.54, 1.807) is 12.1 Å². The second kappa shape index (κ2) is 11.5. The predicted molar refractivity (Wildman–Crippen MR) is 147 cm³/mol.